The Morgan fingerprint density at radius 1 is 1.25 bits per heavy atom. The Balaban J connectivity index is 1.91. The van der Waals surface area contributed by atoms with E-state index >= 15 is 0 Å². The second-order valence-electron chi connectivity index (χ2n) is 5.75. The predicted octanol–water partition coefficient (Wildman–Crippen LogP) is 1.73. The summed E-state index contributed by atoms with van der Waals surface area (Å²) in [5.74, 6) is -2.51. The van der Waals surface area contributed by atoms with Gasteiger partial charge in [-0.15, -0.1) is 0 Å². The number of carbonyl (C=O) groups excluding carboxylic acids is 1. The molecular weight excluding hydrogens is 258 g/mol. The number of nitrogens with one attached hydrogen (secondary N) is 1. The fourth-order valence-corrected chi connectivity index (χ4v) is 3.03. The number of carbonyl (C=O) groups is 2. The van der Waals surface area contributed by atoms with Crippen molar-refractivity contribution in [2.75, 3.05) is 0 Å². The molecule has 5 atom stereocenters. The third-order valence-electron chi connectivity index (χ3n) is 4.12. The van der Waals surface area contributed by atoms with Crippen molar-refractivity contribution in [2.45, 2.75) is 57.8 Å². The number of amides is 1. The lowest BCUT2D eigenvalue weighted by atomic mass is 9.82. The summed E-state index contributed by atoms with van der Waals surface area (Å²) in [4.78, 5) is 23.6. The summed E-state index contributed by atoms with van der Waals surface area (Å²) in [5.41, 5.74) is 0. The molecule has 2 heterocycles. The standard InChI is InChI=1S/C15H23NO4/c1-3-4-5-6-9(2)16-14(17)12-10-7-8-11(20-10)13(12)15(18)19/h7-13H,3-6H2,1-2H3,(H,16,17)(H,18,19)/t9-,10-,11+,12-,13-/m0/s1. The zero-order valence-corrected chi connectivity index (χ0v) is 12.0. The van der Waals surface area contributed by atoms with Gasteiger partial charge < -0.3 is 15.2 Å². The van der Waals surface area contributed by atoms with Gasteiger partial charge in [0.05, 0.1) is 18.1 Å². The van der Waals surface area contributed by atoms with Crippen molar-refractivity contribution in [3.8, 4) is 0 Å². The van der Waals surface area contributed by atoms with Crippen molar-refractivity contribution >= 4 is 11.9 Å². The van der Waals surface area contributed by atoms with Crippen LogP contribution in [0.4, 0.5) is 0 Å². The van der Waals surface area contributed by atoms with Gasteiger partial charge >= 0.3 is 5.97 Å². The molecule has 5 nitrogen and oxygen atoms in total. The molecule has 1 saturated heterocycles. The van der Waals surface area contributed by atoms with Gasteiger partial charge in [-0.05, 0) is 13.3 Å². The highest BCUT2D eigenvalue weighted by molar-refractivity contribution is 5.87. The monoisotopic (exact) mass is 281 g/mol. The normalized spacial score (nSPS) is 32.3. The van der Waals surface area contributed by atoms with E-state index in [-0.39, 0.29) is 18.1 Å². The van der Waals surface area contributed by atoms with E-state index in [0.29, 0.717) is 0 Å². The van der Waals surface area contributed by atoms with Crippen molar-refractivity contribution in [3.05, 3.63) is 12.2 Å². The van der Waals surface area contributed by atoms with E-state index in [1.165, 1.54) is 0 Å². The molecule has 0 unspecified atom stereocenters. The summed E-state index contributed by atoms with van der Waals surface area (Å²) < 4.78 is 5.51. The van der Waals surface area contributed by atoms with Gasteiger partial charge in [0.15, 0.2) is 0 Å². The molecule has 0 aliphatic carbocycles. The van der Waals surface area contributed by atoms with Crippen LogP contribution in [0.2, 0.25) is 0 Å². The average molecular weight is 281 g/mol. The minimum Gasteiger partial charge on any atom is -0.481 e. The van der Waals surface area contributed by atoms with E-state index in [4.69, 9.17) is 4.74 Å². The fourth-order valence-electron chi connectivity index (χ4n) is 3.03. The SMILES string of the molecule is CCCCC[C@H](C)NC(=O)[C@@H]1[C@@H](C(=O)O)[C@H]2C=C[C@@H]1O2. The van der Waals surface area contributed by atoms with Crippen LogP contribution in [0, 0.1) is 11.8 Å². The van der Waals surface area contributed by atoms with Crippen LogP contribution in [-0.4, -0.2) is 35.2 Å². The van der Waals surface area contributed by atoms with Crippen LogP contribution < -0.4 is 5.32 Å². The molecule has 2 aliphatic heterocycles. The quantitative estimate of drug-likeness (QED) is 0.550. The molecule has 20 heavy (non-hydrogen) atoms. The lowest BCUT2D eigenvalue weighted by Crippen LogP contribution is -2.45. The van der Waals surface area contributed by atoms with Crippen molar-refractivity contribution in [1.29, 1.82) is 0 Å². The Morgan fingerprint density at radius 2 is 1.90 bits per heavy atom. The van der Waals surface area contributed by atoms with Crippen molar-refractivity contribution in [3.63, 3.8) is 0 Å². The Hall–Kier alpha value is -1.36. The maximum atomic E-state index is 12.3. The Bertz CT molecular complexity index is 407. The molecule has 2 N–H and O–H groups in total. The summed E-state index contributed by atoms with van der Waals surface area (Å²) in [6, 6.07) is 0.0756. The maximum Gasteiger partial charge on any atom is 0.310 e. The topological polar surface area (TPSA) is 75.6 Å². The van der Waals surface area contributed by atoms with E-state index in [2.05, 4.69) is 12.2 Å². The van der Waals surface area contributed by atoms with Gasteiger partial charge in [-0.2, -0.15) is 0 Å². The van der Waals surface area contributed by atoms with Crippen molar-refractivity contribution < 1.29 is 19.4 Å². The number of aliphatic carboxylic acids is 1. The number of hydrogen-bond acceptors (Lipinski definition) is 3. The molecule has 2 aliphatic rings. The third kappa shape index (κ3) is 3.03. The summed E-state index contributed by atoms with van der Waals surface area (Å²) in [5, 5.41) is 12.2. The Labute approximate surface area is 119 Å². The van der Waals surface area contributed by atoms with E-state index in [0.717, 1.165) is 25.7 Å². The number of fused-ring (bicyclic) bond motifs is 2. The number of rotatable bonds is 7. The summed E-state index contributed by atoms with van der Waals surface area (Å²) in [6.45, 7) is 4.10. The lowest BCUT2D eigenvalue weighted by Gasteiger charge is -2.23. The van der Waals surface area contributed by atoms with Crippen LogP contribution in [-0.2, 0) is 14.3 Å². The van der Waals surface area contributed by atoms with Gasteiger partial charge in [-0.3, -0.25) is 9.59 Å². The minimum atomic E-state index is -0.958. The number of unbranched alkanes of at least 4 members (excludes halogenated alkanes) is 2. The molecule has 112 valence electrons. The van der Waals surface area contributed by atoms with E-state index in [1.54, 1.807) is 12.2 Å². The van der Waals surface area contributed by atoms with Crippen LogP contribution in [0.5, 0.6) is 0 Å². The molecule has 0 radical (unpaired) electrons. The van der Waals surface area contributed by atoms with E-state index in [1.807, 2.05) is 6.92 Å². The summed E-state index contributed by atoms with van der Waals surface area (Å²) in [6.07, 6.45) is 7.01. The van der Waals surface area contributed by atoms with Crippen LogP contribution in [0.1, 0.15) is 39.5 Å². The molecule has 0 saturated carbocycles. The lowest BCUT2D eigenvalue weighted by molar-refractivity contribution is -0.146. The first kappa shape index (κ1) is 15.0. The third-order valence-corrected chi connectivity index (χ3v) is 4.12. The van der Waals surface area contributed by atoms with Crippen LogP contribution in [0.3, 0.4) is 0 Å². The smallest absolute Gasteiger partial charge is 0.310 e. The Kier molecular flexibility index (Phi) is 4.81. The molecule has 1 fully saturated rings. The summed E-state index contributed by atoms with van der Waals surface area (Å²) in [7, 11) is 0. The van der Waals surface area contributed by atoms with Gasteiger partial charge in [0.25, 0.3) is 0 Å². The van der Waals surface area contributed by atoms with E-state index < -0.39 is 23.9 Å². The average Bonchev–Trinajstić information content (AvgIpc) is 2.98. The number of ether oxygens (including phenoxy) is 1. The zero-order chi connectivity index (χ0) is 14.7. The number of carboxylic acid groups (broad SMARTS) is 1. The summed E-state index contributed by atoms with van der Waals surface area (Å²) >= 11 is 0. The van der Waals surface area contributed by atoms with Gasteiger partial charge in [0.2, 0.25) is 5.91 Å². The highest BCUT2D eigenvalue weighted by atomic mass is 16.5. The molecule has 0 aromatic heterocycles. The molecular formula is C15H23NO4. The van der Waals surface area contributed by atoms with Gasteiger partial charge in [0, 0.05) is 6.04 Å². The molecule has 0 aromatic rings. The van der Waals surface area contributed by atoms with Gasteiger partial charge in [0.1, 0.15) is 5.92 Å². The maximum absolute atomic E-state index is 12.3. The number of carboxylic acids is 1. The van der Waals surface area contributed by atoms with Gasteiger partial charge in [-0.25, -0.2) is 0 Å². The van der Waals surface area contributed by atoms with Crippen molar-refractivity contribution in [2.24, 2.45) is 11.8 Å². The molecule has 2 bridgehead atoms. The zero-order valence-electron chi connectivity index (χ0n) is 12.0. The van der Waals surface area contributed by atoms with Crippen LogP contribution in [0.25, 0.3) is 0 Å². The second-order valence-corrected chi connectivity index (χ2v) is 5.75. The Morgan fingerprint density at radius 3 is 2.50 bits per heavy atom. The first-order valence-corrected chi connectivity index (χ1v) is 7.41. The molecule has 2 rings (SSSR count). The highest BCUT2D eigenvalue weighted by Gasteiger charge is 2.53. The van der Waals surface area contributed by atoms with Crippen molar-refractivity contribution in [1.82, 2.24) is 5.32 Å². The van der Waals surface area contributed by atoms with Gasteiger partial charge in [-0.1, -0.05) is 38.3 Å². The largest absolute Gasteiger partial charge is 0.481 e. The number of hydrogen-bond donors (Lipinski definition) is 2. The highest BCUT2D eigenvalue weighted by Crippen LogP contribution is 2.39. The van der Waals surface area contributed by atoms with Crippen LogP contribution >= 0.6 is 0 Å². The molecule has 0 spiro atoms. The fraction of sp³-hybridized carbons (Fsp3) is 0.733. The first-order valence-electron chi connectivity index (χ1n) is 7.41. The minimum absolute atomic E-state index is 0.0756. The first-order chi connectivity index (χ1) is 9.54. The molecule has 1 amide bonds. The molecule has 5 heteroatoms. The second kappa shape index (κ2) is 6.39. The molecule has 0 aromatic carbocycles. The predicted molar refractivity (Wildman–Crippen MR) is 74.2 cm³/mol. The van der Waals surface area contributed by atoms with Crippen LogP contribution in [0.15, 0.2) is 12.2 Å². The van der Waals surface area contributed by atoms with E-state index in [9.17, 15) is 14.7 Å².